The van der Waals surface area contributed by atoms with Gasteiger partial charge in [0.1, 0.15) is 11.5 Å². The minimum absolute atomic E-state index is 0.0929. The standard InChI is InChI=1S/C17H22N2O3/c1-22-16-6-5-14(17(21)9-16)11-18-10-13(12-20)8-15-4-2-3-7-19-15/h2-7,9,13,18,20-21H,8,10-12H2,1H3. The number of benzene rings is 1. The molecule has 0 amide bonds. The molecule has 0 aliphatic carbocycles. The highest BCUT2D eigenvalue weighted by atomic mass is 16.5. The number of phenolic OH excluding ortho intramolecular Hbond substituents is 1. The average molecular weight is 302 g/mol. The van der Waals surface area contributed by atoms with E-state index >= 15 is 0 Å². The van der Waals surface area contributed by atoms with Crippen molar-refractivity contribution in [2.75, 3.05) is 20.3 Å². The maximum Gasteiger partial charge on any atom is 0.123 e. The number of hydrogen-bond acceptors (Lipinski definition) is 5. The van der Waals surface area contributed by atoms with Gasteiger partial charge in [-0.25, -0.2) is 0 Å². The van der Waals surface area contributed by atoms with Crippen LogP contribution in [0.5, 0.6) is 11.5 Å². The number of nitrogens with zero attached hydrogens (tertiary/aromatic N) is 1. The number of aromatic nitrogens is 1. The van der Waals surface area contributed by atoms with Crippen LogP contribution in [-0.4, -0.2) is 35.5 Å². The normalized spacial score (nSPS) is 12.1. The van der Waals surface area contributed by atoms with Crippen molar-refractivity contribution in [2.24, 2.45) is 5.92 Å². The zero-order valence-electron chi connectivity index (χ0n) is 12.7. The smallest absolute Gasteiger partial charge is 0.123 e. The molecular formula is C17H22N2O3. The molecule has 1 aromatic carbocycles. The van der Waals surface area contributed by atoms with Crippen LogP contribution in [0.2, 0.25) is 0 Å². The number of aliphatic hydroxyl groups is 1. The van der Waals surface area contributed by atoms with E-state index in [1.165, 1.54) is 0 Å². The molecule has 3 N–H and O–H groups in total. The third-order valence-electron chi connectivity index (χ3n) is 3.52. The molecule has 5 heteroatoms. The first-order valence-corrected chi connectivity index (χ1v) is 7.30. The maximum atomic E-state index is 9.90. The summed E-state index contributed by atoms with van der Waals surface area (Å²) >= 11 is 0. The minimum Gasteiger partial charge on any atom is -0.507 e. The van der Waals surface area contributed by atoms with Crippen LogP contribution in [0.4, 0.5) is 0 Å². The fourth-order valence-electron chi connectivity index (χ4n) is 2.25. The zero-order chi connectivity index (χ0) is 15.8. The minimum atomic E-state index is 0.0929. The first-order chi connectivity index (χ1) is 10.7. The third-order valence-corrected chi connectivity index (χ3v) is 3.52. The Kier molecular flexibility index (Phi) is 6.18. The van der Waals surface area contributed by atoms with E-state index in [4.69, 9.17) is 4.74 Å². The van der Waals surface area contributed by atoms with Crippen molar-refractivity contribution >= 4 is 0 Å². The molecule has 2 aromatic rings. The molecule has 0 spiro atoms. The number of phenols is 1. The Morgan fingerprint density at radius 3 is 2.77 bits per heavy atom. The number of pyridine rings is 1. The van der Waals surface area contributed by atoms with Gasteiger partial charge in [0, 0.05) is 43.2 Å². The molecule has 0 aliphatic rings. The molecule has 5 nitrogen and oxygen atoms in total. The Morgan fingerprint density at radius 1 is 1.27 bits per heavy atom. The second-order valence-corrected chi connectivity index (χ2v) is 5.20. The molecule has 0 aliphatic heterocycles. The van der Waals surface area contributed by atoms with Gasteiger partial charge in [-0.1, -0.05) is 12.1 Å². The van der Waals surface area contributed by atoms with Crippen molar-refractivity contribution in [1.82, 2.24) is 10.3 Å². The van der Waals surface area contributed by atoms with Crippen molar-refractivity contribution in [3.63, 3.8) is 0 Å². The van der Waals surface area contributed by atoms with E-state index < -0.39 is 0 Å². The van der Waals surface area contributed by atoms with Crippen LogP contribution in [0.3, 0.4) is 0 Å². The van der Waals surface area contributed by atoms with Crippen LogP contribution in [0.25, 0.3) is 0 Å². The van der Waals surface area contributed by atoms with Crippen LogP contribution >= 0.6 is 0 Å². The van der Waals surface area contributed by atoms with E-state index in [9.17, 15) is 10.2 Å². The largest absolute Gasteiger partial charge is 0.507 e. The van der Waals surface area contributed by atoms with Gasteiger partial charge in [0.05, 0.1) is 7.11 Å². The van der Waals surface area contributed by atoms with E-state index in [-0.39, 0.29) is 18.3 Å². The summed E-state index contributed by atoms with van der Waals surface area (Å²) < 4.78 is 5.06. The predicted octanol–water partition coefficient (Wildman–Crippen LogP) is 1.74. The molecule has 0 saturated heterocycles. The highest BCUT2D eigenvalue weighted by Crippen LogP contribution is 2.23. The average Bonchev–Trinajstić information content (AvgIpc) is 2.56. The number of aromatic hydroxyl groups is 1. The van der Waals surface area contributed by atoms with Crippen LogP contribution in [0, 0.1) is 5.92 Å². The van der Waals surface area contributed by atoms with E-state index in [0.717, 1.165) is 17.7 Å². The molecule has 1 aromatic heterocycles. The van der Waals surface area contributed by atoms with E-state index in [1.54, 1.807) is 19.4 Å². The zero-order valence-corrected chi connectivity index (χ0v) is 12.7. The van der Waals surface area contributed by atoms with E-state index in [1.807, 2.05) is 30.3 Å². The Hall–Kier alpha value is -2.11. The molecule has 0 saturated carbocycles. The molecule has 1 atom stereocenters. The molecule has 0 radical (unpaired) electrons. The fourth-order valence-corrected chi connectivity index (χ4v) is 2.25. The summed E-state index contributed by atoms with van der Waals surface area (Å²) in [6, 6.07) is 11.0. The lowest BCUT2D eigenvalue weighted by Gasteiger charge is -2.15. The molecular weight excluding hydrogens is 280 g/mol. The topological polar surface area (TPSA) is 74.6 Å². The summed E-state index contributed by atoms with van der Waals surface area (Å²) in [6.07, 6.45) is 2.48. The number of aliphatic hydroxyl groups excluding tert-OH is 1. The molecule has 1 heterocycles. The molecule has 118 valence electrons. The van der Waals surface area contributed by atoms with Gasteiger partial charge >= 0.3 is 0 Å². The summed E-state index contributed by atoms with van der Waals surface area (Å²) in [5, 5.41) is 22.6. The second-order valence-electron chi connectivity index (χ2n) is 5.20. The number of hydrogen-bond donors (Lipinski definition) is 3. The van der Waals surface area contributed by atoms with Crippen LogP contribution in [0.15, 0.2) is 42.6 Å². The van der Waals surface area contributed by atoms with Gasteiger partial charge in [-0.05, 0) is 30.5 Å². The lowest BCUT2D eigenvalue weighted by atomic mass is 10.0. The van der Waals surface area contributed by atoms with Gasteiger partial charge in [0.2, 0.25) is 0 Å². The van der Waals surface area contributed by atoms with Crippen molar-refractivity contribution in [1.29, 1.82) is 0 Å². The molecule has 1 unspecified atom stereocenters. The summed E-state index contributed by atoms with van der Waals surface area (Å²) in [4.78, 5) is 4.27. The molecule has 22 heavy (non-hydrogen) atoms. The van der Waals surface area contributed by atoms with Gasteiger partial charge in [-0.3, -0.25) is 4.98 Å². The number of ether oxygens (including phenoxy) is 1. The quantitative estimate of drug-likeness (QED) is 0.692. The van der Waals surface area contributed by atoms with E-state index in [0.29, 0.717) is 18.8 Å². The fraction of sp³-hybridized carbons (Fsp3) is 0.353. The Morgan fingerprint density at radius 2 is 2.14 bits per heavy atom. The Labute approximate surface area is 130 Å². The van der Waals surface area contributed by atoms with Crippen LogP contribution in [0.1, 0.15) is 11.3 Å². The first-order valence-electron chi connectivity index (χ1n) is 7.30. The van der Waals surface area contributed by atoms with Gasteiger partial charge in [0.15, 0.2) is 0 Å². The van der Waals surface area contributed by atoms with Crippen molar-refractivity contribution in [3.8, 4) is 11.5 Å². The number of nitrogens with one attached hydrogen (secondary N) is 1. The number of rotatable bonds is 8. The van der Waals surface area contributed by atoms with Gasteiger partial charge in [0.25, 0.3) is 0 Å². The van der Waals surface area contributed by atoms with Crippen LogP contribution < -0.4 is 10.1 Å². The highest BCUT2D eigenvalue weighted by Gasteiger charge is 2.10. The molecule has 0 fully saturated rings. The Bertz CT molecular complexity index is 575. The van der Waals surface area contributed by atoms with Crippen molar-refractivity contribution in [3.05, 3.63) is 53.9 Å². The lowest BCUT2D eigenvalue weighted by Crippen LogP contribution is -2.26. The molecule has 2 rings (SSSR count). The lowest BCUT2D eigenvalue weighted by molar-refractivity contribution is 0.220. The SMILES string of the molecule is COc1ccc(CNCC(CO)Cc2ccccn2)c(O)c1. The highest BCUT2D eigenvalue weighted by molar-refractivity contribution is 5.39. The monoisotopic (exact) mass is 302 g/mol. The van der Waals surface area contributed by atoms with Crippen molar-refractivity contribution in [2.45, 2.75) is 13.0 Å². The number of methoxy groups -OCH3 is 1. The summed E-state index contributed by atoms with van der Waals surface area (Å²) in [7, 11) is 1.57. The summed E-state index contributed by atoms with van der Waals surface area (Å²) in [5.41, 5.74) is 1.77. The summed E-state index contributed by atoms with van der Waals surface area (Å²) in [5.74, 6) is 0.928. The summed E-state index contributed by atoms with van der Waals surface area (Å²) in [6.45, 7) is 1.28. The van der Waals surface area contributed by atoms with Crippen LogP contribution in [-0.2, 0) is 13.0 Å². The third kappa shape index (κ3) is 4.72. The maximum absolute atomic E-state index is 9.90. The van der Waals surface area contributed by atoms with Gasteiger partial charge < -0.3 is 20.3 Å². The van der Waals surface area contributed by atoms with Gasteiger partial charge in [-0.2, -0.15) is 0 Å². The van der Waals surface area contributed by atoms with Crippen molar-refractivity contribution < 1.29 is 14.9 Å². The molecule has 0 bridgehead atoms. The van der Waals surface area contributed by atoms with Gasteiger partial charge in [-0.15, -0.1) is 0 Å². The second kappa shape index (κ2) is 8.36. The first kappa shape index (κ1) is 16.3. The Balaban J connectivity index is 1.83. The van der Waals surface area contributed by atoms with E-state index in [2.05, 4.69) is 10.3 Å². The predicted molar refractivity (Wildman–Crippen MR) is 84.9 cm³/mol.